The van der Waals surface area contributed by atoms with Gasteiger partial charge in [-0.3, -0.25) is 9.89 Å². The number of carbonyl (C=O) groups is 1. The number of carbonyl (C=O) groups excluding carboxylic acids is 1. The standard InChI is InChI=1S/C22H21N5O3S2/c1-15-24-21(27-26-15)20(16-6-3-2-4-7-16)25-22(28)17-9-11-19(12-10-17)32(29,30)23-14-18-8-5-13-31-18/h2-13,20,23H,14H2,1H3,(H,25,28)(H,24,26,27). The molecule has 2 aromatic carbocycles. The molecule has 2 aromatic heterocycles. The second-order valence-electron chi connectivity index (χ2n) is 7.02. The van der Waals surface area contributed by atoms with E-state index < -0.39 is 16.1 Å². The number of benzene rings is 2. The number of aryl methyl sites for hydroxylation is 1. The van der Waals surface area contributed by atoms with Crippen LogP contribution in [-0.2, 0) is 16.6 Å². The average molecular weight is 468 g/mol. The van der Waals surface area contributed by atoms with Crippen LogP contribution in [0.4, 0.5) is 0 Å². The van der Waals surface area contributed by atoms with Crippen LogP contribution in [0.1, 0.15) is 38.5 Å². The van der Waals surface area contributed by atoms with E-state index in [0.29, 0.717) is 17.2 Å². The van der Waals surface area contributed by atoms with Crippen molar-refractivity contribution >= 4 is 27.3 Å². The lowest BCUT2D eigenvalue weighted by Crippen LogP contribution is -2.30. The molecule has 0 aliphatic carbocycles. The van der Waals surface area contributed by atoms with Crippen molar-refractivity contribution in [2.45, 2.75) is 24.4 Å². The lowest BCUT2D eigenvalue weighted by molar-refractivity contribution is 0.0941. The van der Waals surface area contributed by atoms with Crippen LogP contribution < -0.4 is 10.0 Å². The summed E-state index contributed by atoms with van der Waals surface area (Å²) < 4.78 is 27.6. The van der Waals surface area contributed by atoms with Crippen molar-refractivity contribution < 1.29 is 13.2 Å². The number of aromatic nitrogens is 3. The predicted octanol–water partition coefficient (Wildman–Crippen LogP) is 3.17. The first-order valence-electron chi connectivity index (χ1n) is 9.79. The van der Waals surface area contributed by atoms with Gasteiger partial charge in [-0.2, -0.15) is 5.10 Å². The van der Waals surface area contributed by atoms with E-state index in [0.717, 1.165) is 10.4 Å². The first-order chi connectivity index (χ1) is 15.4. The molecule has 0 saturated carbocycles. The third kappa shape index (κ3) is 5.10. The molecular formula is C22H21N5O3S2. The quantitative estimate of drug-likeness (QED) is 0.368. The number of rotatable bonds is 8. The van der Waals surface area contributed by atoms with Crippen molar-refractivity contribution in [3.63, 3.8) is 0 Å². The highest BCUT2D eigenvalue weighted by Gasteiger charge is 2.22. The maximum atomic E-state index is 12.9. The number of hydrogen-bond acceptors (Lipinski definition) is 6. The fraction of sp³-hybridized carbons (Fsp3) is 0.136. The van der Waals surface area contributed by atoms with Gasteiger partial charge < -0.3 is 5.32 Å². The summed E-state index contributed by atoms with van der Waals surface area (Å²) >= 11 is 1.48. The minimum Gasteiger partial charge on any atom is -0.338 e. The molecule has 0 aliphatic heterocycles. The fourth-order valence-corrected chi connectivity index (χ4v) is 4.84. The monoisotopic (exact) mass is 467 g/mol. The van der Waals surface area contributed by atoms with Crippen LogP contribution in [0.5, 0.6) is 0 Å². The van der Waals surface area contributed by atoms with Crippen LogP contribution in [0, 0.1) is 6.92 Å². The maximum Gasteiger partial charge on any atom is 0.252 e. The van der Waals surface area contributed by atoms with Crippen LogP contribution >= 0.6 is 11.3 Å². The van der Waals surface area contributed by atoms with Gasteiger partial charge in [0.15, 0.2) is 5.82 Å². The van der Waals surface area contributed by atoms with Gasteiger partial charge in [-0.15, -0.1) is 11.3 Å². The minimum atomic E-state index is -3.68. The van der Waals surface area contributed by atoms with Crippen LogP contribution in [0.2, 0.25) is 0 Å². The SMILES string of the molecule is Cc1nc(C(NC(=O)c2ccc(S(=O)(=O)NCc3cccs3)cc2)c2ccccc2)n[nH]1. The summed E-state index contributed by atoms with van der Waals surface area (Å²) in [6, 6.07) is 18.4. The number of hydrogen-bond donors (Lipinski definition) is 3. The molecule has 1 amide bonds. The van der Waals surface area contributed by atoms with Crippen LogP contribution in [-0.4, -0.2) is 29.5 Å². The molecule has 4 aromatic rings. The largest absolute Gasteiger partial charge is 0.338 e. The van der Waals surface area contributed by atoms with Gasteiger partial charge in [0.1, 0.15) is 11.9 Å². The van der Waals surface area contributed by atoms with E-state index in [1.807, 2.05) is 47.8 Å². The fourth-order valence-electron chi connectivity index (χ4n) is 3.09. The summed E-state index contributed by atoms with van der Waals surface area (Å²) in [7, 11) is -3.68. The number of H-pyrrole nitrogens is 1. The summed E-state index contributed by atoms with van der Waals surface area (Å²) in [5.74, 6) is 0.718. The molecule has 0 saturated heterocycles. The number of nitrogens with one attached hydrogen (secondary N) is 3. The summed E-state index contributed by atoms with van der Waals surface area (Å²) in [6.45, 7) is 2.00. The molecule has 0 bridgehead atoms. The molecule has 1 unspecified atom stereocenters. The highest BCUT2D eigenvalue weighted by Crippen LogP contribution is 2.20. The van der Waals surface area contributed by atoms with Gasteiger partial charge in [0.05, 0.1) is 4.90 Å². The summed E-state index contributed by atoms with van der Waals surface area (Å²) in [5, 5.41) is 11.8. The summed E-state index contributed by atoms with van der Waals surface area (Å²) in [6.07, 6.45) is 0. The Hall–Kier alpha value is -3.34. The van der Waals surface area contributed by atoms with Crippen molar-refractivity contribution in [3.05, 3.63) is 99.8 Å². The zero-order valence-electron chi connectivity index (χ0n) is 17.1. The van der Waals surface area contributed by atoms with Crippen LogP contribution in [0.15, 0.2) is 77.0 Å². The van der Waals surface area contributed by atoms with Gasteiger partial charge in [-0.25, -0.2) is 18.1 Å². The second kappa shape index (κ2) is 9.43. The summed E-state index contributed by atoms with van der Waals surface area (Å²) in [4.78, 5) is 18.3. The molecule has 4 rings (SSSR count). The second-order valence-corrected chi connectivity index (χ2v) is 9.82. The van der Waals surface area contributed by atoms with Crippen molar-refractivity contribution in [1.29, 1.82) is 0 Å². The van der Waals surface area contributed by atoms with Crippen molar-refractivity contribution in [3.8, 4) is 0 Å². The molecule has 164 valence electrons. The number of thiophene rings is 1. The van der Waals surface area contributed by atoms with E-state index >= 15 is 0 Å². The molecule has 0 aliphatic rings. The Balaban J connectivity index is 1.50. The highest BCUT2D eigenvalue weighted by atomic mass is 32.2. The minimum absolute atomic E-state index is 0.0924. The molecule has 0 fully saturated rings. The molecule has 0 radical (unpaired) electrons. The van der Waals surface area contributed by atoms with Gasteiger partial charge >= 0.3 is 0 Å². The number of aromatic amines is 1. The van der Waals surface area contributed by atoms with Crippen molar-refractivity contribution in [2.24, 2.45) is 0 Å². The third-order valence-corrected chi connectivity index (χ3v) is 7.02. The highest BCUT2D eigenvalue weighted by molar-refractivity contribution is 7.89. The first kappa shape index (κ1) is 21.9. The van der Waals surface area contributed by atoms with E-state index in [4.69, 9.17) is 0 Å². The topological polar surface area (TPSA) is 117 Å². The Morgan fingerprint density at radius 3 is 2.44 bits per heavy atom. The van der Waals surface area contributed by atoms with Crippen LogP contribution in [0.3, 0.4) is 0 Å². The Morgan fingerprint density at radius 1 is 1.06 bits per heavy atom. The Labute approximate surface area is 189 Å². The van der Waals surface area contributed by atoms with E-state index in [9.17, 15) is 13.2 Å². The molecule has 3 N–H and O–H groups in total. The Morgan fingerprint density at radius 2 is 1.81 bits per heavy atom. The van der Waals surface area contributed by atoms with Gasteiger partial charge in [-0.05, 0) is 48.2 Å². The first-order valence-corrected chi connectivity index (χ1v) is 12.2. The lowest BCUT2D eigenvalue weighted by Gasteiger charge is -2.16. The maximum absolute atomic E-state index is 12.9. The number of nitrogens with zero attached hydrogens (tertiary/aromatic N) is 2. The Kier molecular flexibility index (Phi) is 6.45. The van der Waals surface area contributed by atoms with E-state index in [-0.39, 0.29) is 17.3 Å². The van der Waals surface area contributed by atoms with Crippen molar-refractivity contribution in [1.82, 2.24) is 25.2 Å². The molecule has 8 nitrogen and oxygen atoms in total. The van der Waals surface area contributed by atoms with E-state index in [2.05, 4.69) is 25.2 Å². The molecule has 10 heteroatoms. The van der Waals surface area contributed by atoms with Crippen LogP contribution in [0.25, 0.3) is 0 Å². The molecule has 0 spiro atoms. The molecular weight excluding hydrogens is 446 g/mol. The van der Waals surface area contributed by atoms with Gasteiger partial charge in [0.25, 0.3) is 5.91 Å². The molecule has 2 heterocycles. The number of sulfonamides is 1. The van der Waals surface area contributed by atoms with Gasteiger partial charge in [-0.1, -0.05) is 36.4 Å². The number of amides is 1. The molecule has 32 heavy (non-hydrogen) atoms. The van der Waals surface area contributed by atoms with E-state index in [1.54, 1.807) is 6.92 Å². The van der Waals surface area contributed by atoms with Gasteiger partial charge in [0, 0.05) is 17.0 Å². The normalized spacial score (nSPS) is 12.4. The average Bonchev–Trinajstić information content (AvgIpc) is 3.48. The van der Waals surface area contributed by atoms with Crippen molar-refractivity contribution in [2.75, 3.05) is 0 Å². The lowest BCUT2D eigenvalue weighted by atomic mass is 10.1. The van der Waals surface area contributed by atoms with E-state index in [1.165, 1.54) is 35.6 Å². The van der Waals surface area contributed by atoms with Gasteiger partial charge in [0.2, 0.25) is 10.0 Å². The third-order valence-electron chi connectivity index (χ3n) is 4.72. The zero-order chi connectivity index (χ0) is 22.6. The Bertz CT molecular complexity index is 1290. The summed E-state index contributed by atoms with van der Waals surface area (Å²) in [5.41, 5.74) is 1.16. The zero-order valence-corrected chi connectivity index (χ0v) is 18.8. The molecule has 1 atom stereocenters. The smallest absolute Gasteiger partial charge is 0.252 e. The predicted molar refractivity (Wildman–Crippen MR) is 122 cm³/mol.